The van der Waals surface area contributed by atoms with E-state index in [4.69, 9.17) is 11.6 Å². The first kappa shape index (κ1) is 28.4. The standard InChI is InChI=1S/C29H24ClF3N2O3S/c30-26-15-17-27(18-16-26)39(37,38)35(29(31,32)33,20-23-9-5-2-6-10-23)21-24-11-13-25(14-12-24)28(36)34-19-22-7-3-1-4-8-22/h1-18H,19-21H2/p+1. The van der Waals surface area contributed by atoms with Crippen molar-refractivity contribution in [3.05, 3.63) is 136 Å². The molecule has 0 aliphatic carbocycles. The van der Waals surface area contributed by atoms with Gasteiger partial charge in [-0.3, -0.25) is 4.79 Å². The van der Waals surface area contributed by atoms with E-state index in [1.54, 1.807) is 18.2 Å². The van der Waals surface area contributed by atoms with Gasteiger partial charge in [-0.15, -0.1) is 17.1 Å². The summed E-state index contributed by atoms with van der Waals surface area (Å²) in [6, 6.07) is 27.0. The van der Waals surface area contributed by atoms with Crippen molar-refractivity contribution in [1.82, 2.24) is 5.32 Å². The monoisotopic (exact) mass is 573 g/mol. The molecule has 1 N–H and O–H groups in total. The molecule has 1 amide bonds. The first-order chi connectivity index (χ1) is 18.5. The van der Waals surface area contributed by atoms with Gasteiger partial charge < -0.3 is 5.32 Å². The second-order valence-electron chi connectivity index (χ2n) is 8.95. The smallest absolute Gasteiger partial charge is 0.348 e. The summed E-state index contributed by atoms with van der Waals surface area (Å²) in [6.07, 6.45) is -5.19. The Balaban J connectivity index is 1.69. The van der Waals surface area contributed by atoms with Gasteiger partial charge in [-0.2, -0.15) is 8.42 Å². The number of benzene rings is 4. The number of quaternary nitrogens is 1. The molecule has 202 valence electrons. The molecule has 0 aliphatic rings. The fraction of sp³-hybridized carbons (Fsp3) is 0.138. The summed E-state index contributed by atoms with van der Waals surface area (Å²) in [4.78, 5) is 12.1. The zero-order chi connectivity index (χ0) is 28.1. The second-order valence-corrected chi connectivity index (χ2v) is 11.5. The Labute approximate surface area is 230 Å². The lowest BCUT2D eigenvalue weighted by atomic mass is 10.1. The van der Waals surface area contributed by atoms with Gasteiger partial charge in [0.15, 0.2) is 0 Å². The van der Waals surface area contributed by atoms with Crippen LogP contribution in [0, 0.1) is 0 Å². The van der Waals surface area contributed by atoms with Crippen LogP contribution in [0.25, 0.3) is 0 Å². The fourth-order valence-corrected chi connectivity index (χ4v) is 6.08. The Morgan fingerprint density at radius 3 is 1.72 bits per heavy atom. The van der Waals surface area contributed by atoms with E-state index in [1.807, 2.05) is 30.3 Å². The highest BCUT2D eigenvalue weighted by molar-refractivity contribution is 7.86. The van der Waals surface area contributed by atoms with E-state index in [0.717, 1.165) is 17.7 Å². The summed E-state index contributed by atoms with van der Waals surface area (Å²) in [5, 5.41) is 2.96. The quantitative estimate of drug-likeness (QED) is 0.179. The van der Waals surface area contributed by atoms with Crippen molar-refractivity contribution >= 4 is 27.5 Å². The summed E-state index contributed by atoms with van der Waals surface area (Å²) in [7, 11) is -5.02. The molecule has 0 aliphatic heterocycles. The Morgan fingerprint density at radius 2 is 1.21 bits per heavy atom. The number of nitrogens with one attached hydrogen (secondary N) is 1. The van der Waals surface area contributed by atoms with Crippen LogP contribution in [0.4, 0.5) is 13.2 Å². The van der Waals surface area contributed by atoms with Crippen LogP contribution in [0.3, 0.4) is 0 Å². The third-order valence-electron chi connectivity index (χ3n) is 6.26. The predicted molar refractivity (Wildman–Crippen MR) is 143 cm³/mol. The Hall–Kier alpha value is -3.66. The van der Waals surface area contributed by atoms with Gasteiger partial charge >= 0.3 is 16.3 Å². The lowest BCUT2D eigenvalue weighted by Crippen LogP contribution is -2.60. The molecule has 0 radical (unpaired) electrons. The number of alkyl halides is 3. The number of halogens is 4. The van der Waals surface area contributed by atoms with Gasteiger partial charge in [0.1, 0.15) is 18.0 Å². The van der Waals surface area contributed by atoms with Gasteiger partial charge in [-0.1, -0.05) is 84.4 Å². The van der Waals surface area contributed by atoms with Crippen molar-refractivity contribution in [1.29, 1.82) is 0 Å². The Bertz CT molecular complexity index is 1510. The third kappa shape index (κ3) is 6.33. The van der Waals surface area contributed by atoms with Gasteiger partial charge in [0.25, 0.3) is 5.91 Å². The molecule has 4 aromatic rings. The summed E-state index contributed by atoms with van der Waals surface area (Å²) in [5.41, 5.74) is 1.43. The number of carbonyl (C=O) groups excluding carboxylic acids is 1. The molecule has 0 aromatic heterocycles. The Kier molecular flexibility index (Phi) is 8.44. The molecule has 4 rings (SSSR count). The number of hydrogen-bond acceptors (Lipinski definition) is 3. The average molecular weight is 574 g/mol. The van der Waals surface area contributed by atoms with Crippen LogP contribution in [0.2, 0.25) is 5.02 Å². The van der Waals surface area contributed by atoms with Crippen LogP contribution < -0.4 is 5.32 Å². The highest BCUT2D eigenvalue weighted by atomic mass is 35.5. The number of sulfonamides is 1. The lowest BCUT2D eigenvalue weighted by Gasteiger charge is -2.37. The van der Waals surface area contributed by atoms with Crippen molar-refractivity contribution in [3.8, 4) is 0 Å². The zero-order valence-electron chi connectivity index (χ0n) is 20.6. The van der Waals surface area contributed by atoms with Crippen molar-refractivity contribution in [2.75, 3.05) is 0 Å². The van der Waals surface area contributed by atoms with E-state index in [0.29, 0.717) is 0 Å². The van der Waals surface area contributed by atoms with Crippen molar-refractivity contribution in [2.45, 2.75) is 30.8 Å². The molecule has 0 heterocycles. The minimum atomic E-state index is -5.19. The van der Waals surface area contributed by atoms with E-state index in [9.17, 15) is 26.4 Å². The molecule has 5 nitrogen and oxygen atoms in total. The van der Waals surface area contributed by atoms with E-state index < -0.39 is 44.1 Å². The summed E-state index contributed by atoms with van der Waals surface area (Å²) >= 11 is 5.87. The Morgan fingerprint density at radius 1 is 0.718 bits per heavy atom. The van der Waals surface area contributed by atoms with Gasteiger partial charge in [0.05, 0.1) is 0 Å². The molecule has 0 bridgehead atoms. The largest absolute Gasteiger partial charge is 0.576 e. The summed E-state index contributed by atoms with van der Waals surface area (Å²) in [6.45, 7) is -1.48. The van der Waals surface area contributed by atoms with Gasteiger partial charge in [-0.05, 0) is 42.0 Å². The fourth-order valence-electron chi connectivity index (χ4n) is 4.16. The molecule has 1 atom stereocenters. The molecule has 39 heavy (non-hydrogen) atoms. The first-order valence-electron chi connectivity index (χ1n) is 11.9. The molecule has 0 saturated heterocycles. The normalized spacial score (nSPS) is 13.4. The van der Waals surface area contributed by atoms with Gasteiger partial charge in [-0.25, -0.2) is 0 Å². The number of carbonyl (C=O) groups is 1. The topological polar surface area (TPSA) is 63.2 Å². The third-order valence-corrected chi connectivity index (χ3v) is 8.77. The maximum atomic E-state index is 15.0. The highest BCUT2D eigenvalue weighted by Gasteiger charge is 2.64. The summed E-state index contributed by atoms with van der Waals surface area (Å²) < 4.78 is 70.2. The van der Waals surface area contributed by atoms with Crippen LogP contribution in [-0.2, 0) is 29.7 Å². The van der Waals surface area contributed by atoms with Crippen LogP contribution in [-0.4, -0.2) is 24.5 Å². The molecule has 4 aromatic carbocycles. The van der Waals surface area contributed by atoms with Crippen LogP contribution >= 0.6 is 11.6 Å². The average Bonchev–Trinajstić information content (AvgIpc) is 2.92. The number of rotatable bonds is 9. The predicted octanol–water partition coefficient (Wildman–Crippen LogP) is 6.70. The lowest BCUT2D eigenvalue weighted by molar-refractivity contribution is -0.948. The maximum absolute atomic E-state index is 15.0. The second kappa shape index (κ2) is 11.6. The first-order valence-corrected chi connectivity index (χ1v) is 13.7. The zero-order valence-corrected chi connectivity index (χ0v) is 22.2. The molecule has 10 heteroatoms. The molecule has 0 spiro atoms. The van der Waals surface area contributed by atoms with E-state index in [2.05, 4.69) is 5.32 Å². The van der Waals surface area contributed by atoms with Crippen LogP contribution in [0.1, 0.15) is 27.0 Å². The van der Waals surface area contributed by atoms with Gasteiger partial charge in [0, 0.05) is 28.3 Å². The van der Waals surface area contributed by atoms with E-state index >= 15 is 0 Å². The van der Waals surface area contributed by atoms with Crippen molar-refractivity contribution < 1.29 is 30.3 Å². The van der Waals surface area contributed by atoms with Crippen LogP contribution in [0.5, 0.6) is 0 Å². The molecule has 0 fully saturated rings. The number of nitrogens with zero attached hydrogens (tertiary/aromatic N) is 1. The van der Waals surface area contributed by atoms with E-state index in [-0.39, 0.29) is 28.3 Å². The van der Waals surface area contributed by atoms with E-state index in [1.165, 1.54) is 48.5 Å². The number of hydrogen-bond donors (Lipinski definition) is 1. The molecular weight excluding hydrogens is 549 g/mol. The SMILES string of the molecule is O=C(NCc1ccccc1)c1ccc(C[N+](Cc2ccccc2)(C(F)(F)F)S(=O)(=O)c2ccc(Cl)cc2)cc1. The van der Waals surface area contributed by atoms with Crippen LogP contribution in [0.15, 0.2) is 114 Å². The summed E-state index contributed by atoms with van der Waals surface area (Å²) in [5.74, 6) is -0.403. The van der Waals surface area contributed by atoms with Gasteiger partial charge in [0.2, 0.25) is 0 Å². The minimum Gasteiger partial charge on any atom is -0.348 e. The van der Waals surface area contributed by atoms with Crippen molar-refractivity contribution in [3.63, 3.8) is 0 Å². The molecule has 0 saturated carbocycles. The molecule has 1 unspecified atom stereocenters. The minimum absolute atomic E-state index is 0.0976. The number of amides is 1. The maximum Gasteiger partial charge on any atom is 0.576 e. The van der Waals surface area contributed by atoms with Crippen molar-refractivity contribution in [2.24, 2.45) is 0 Å². The molecular formula is C29H25ClF3N2O3S+. The highest BCUT2D eigenvalue weighted by Crippen LogP contribution is 2.42.